The lowest BCUT2D eigenvalue weighted by Crippen LogP contribution is -2.42. The molecule has 1 heterocycles. The zero-order chi connectivity index (χ0) is 15.9. The number of aromatic nitrogens is 2. The Morgan fingerprint density at radius 1 is 1.41 bits per heavy atom. The van der Waals surface area contributed by atoms with E-state index in [1.807, 2.05) is 0 Å². The molecular formula is C14H17N5O3. The molecule has 8 nitrogen and oxygen atoms in total. The van der Waals surface area contributed by atoms with Crippen LogP contribution in [0.4, 0.5) is 5.69 Å². The SMILES string of the molecule is N[C@H](Cc1cnc[nH]1)C(=O)NCCc1ccc([N+](=O)[O-])cc1. The first-order chi connectivity index (χ1) is 10.6. The number of nitro benzene ring substituents is 1. The molecule has 0 aliphatic carbocycles. The van der Waals surface area contributed by atoms with Gasteiger partial charge in [-0.05, 0) is 12.0 Å². The Labute approximate surface area is 126 Å². The molecule has 1 amide bonds. The largest absolute Gasteiger partial charge is 0.354 e. The van der Waals surface area contributed by atoms with Crippen molar-refractivity contribution in [2.24, 2.45) is 5.73 Å². The monoisotopic (exact) mass is 303 g/mol. The predicted molar refractivity (Wildman–Crippen MR) is 80.1 cm³/mol. The number of rotatable bonds is 7. The Morgan fingerprint density at radius 3 is 2.73 bits per heavy atom. The molecule has 0 radical (unpaired) electrons. The number of hydrogen-bond donors (Lipinski definition) is 3. The predicted octanol–water partition coefficient (Wildman–Crippen LogP) is 0.547. The van der Waals surface area contributed by atoms with Gasteiger partial charge in [-0.2, -0.15) is 0 Å². The smallest absolute Gasteiger partial charge is 0.269 e. The van der Waals surface area contributed by atoms with E-state index in [9.17, 15) is 14.9 Å². The van der Waals surface area contributed by atoms with Crippen LogP contribution in [-0.4, -0.2) is 33.4 Å². The van der Waals surface area contributed by atoms with Crippen LogP contribution in [0.15, 0.2) is 36.8 Å². The summed E-state index contributed by atoms with van der Waals surface area (Å²) in [7, 11) is 0. The Kier molecular flexibility index (Phi) is 5.21. The van der Waals surface area contributed by atoms with Crippen molar-refractivity contribution in [3.63, 3.8) is 0 Å². The Balaban J connectivity index is 1.75. The van der Waals surface area contributed by atoms with Gasteiger partial charge in [-0.1, -0.05) is 12.1 Å². The van der Waals surface area contributed by atoms with Crippen LogP contribution < -0.4 is 11.1 Å². The molecule has 2 rings (SSSR count). The Hall–Kier alpha value is -2.74. The third-order valence-corrected chi connectivity index (χ3v) is 3.19. The van der Waals surface area contributed by atoms with Crippen LogP contribution in [0.3, 0.4) is 0 Å². The van der Waals surface area contributed by atoms with Gasteiger partial charge >= 0.3 is 0 Å². The van der Waals surface area contributed by atoms with Gasteiger partial charge in [0, 0.05) is 37.0 Å². The first kappa shape index (κ1) is 15.6. The minimum Gasteiger partial charge on any atom is -0.354 e. The van der Waals surface area contributed by atoms with Gasteiger partial charge < -0.3 is 16.0 Å². The van der Waals surface area contributed by atoms with Crippen molar-refractivity contribution in [2.75, 3.05) is 6.54 Å². The van der Waals surface area contributed by atoms with Gasteiger partial charge in [0.1, 0.15) is 0 Å². The van der Waals surface area contributed by atoms with Crippen LogP contribution in [0.5, 0.6) is 0 Å². The van der Waals surface area contributed by atoms with Crippen molar-refractivity contribution >= 4 is 11.6 Å². The molecule has 22 heavy (non-hydrogen) atoms. The van der Waals surface area contributed by atoms with Crippen molar-refractivity contribution in [1.29, 1.82) is 0 Å². The van der Waals surface area contributed by atoms with Crippen molar-refractivity contribution in [2.45, 2.75) is 18.9 Å². The summed E-state index contributed by atoms with van der Waals surface area (Å²) in [6, 6.07) is 5.60. The highest BCUT2D eigenvalue weighted by Crippen LogP contribution is 2.11. The van der Waals surface area contributed by atoms with E-state index in [1.165, 1.54) is 18.5 Å². The van der Waals surface area contributed by atoms with Crippen LogP contribution >= 0.6 is 0 Å². The lowest BCUT2D eigenvalue weighted by atomic mass is 10.1. The topological polar surface area (TPSA) is 127 Å². The van der Waals surface area contributed by atoms with Gasteiger partial charge in [-0.3, -0.25) is 14.9 Å². The molecule has 0 fully saturated rings. The van der Waals surface area contributed by atoms with E-state index in [0.717, 1.165) is 11.3 Å². The van der Waals surface area contributed by atoms with Gasteiger partial charge in [-0.15, -0.1) is 0 Å². The second-order valence-electron chi connectivity index (χ2n) is 4.85. The van der Waals surface area contributed by atoms with E-state index in [-0.39, 0.29) is 11.6 Å². The van der Waals surface area contributed by atoms with Gasteiger partial charge in [-0.25, -0.2) is 4.98 Å². The molecule has 2 aromatic rings. The van der Waals surface area contributed by atoms with Gasteiger partial charge in [0.2, 0.25) is 5.91 Å². The van der Waals surface area contributed by atoms with E-state index in [1.54, 1.807) is 18.3 Å². The second-order valence-corrected chi connectivity index (χ2v) is 4.85. The molecule has 1 aromatic carbocycles. The summed E-state index contributed by atoms with van der Waals surface area (Å²) in [6.45, 7) is 0.424. The molecule has 1 aromatic heterocycles. The number of H-pyrrole nitrogens is 1. The van der Waals surface area contributed by atoms with Crippen LogP contribution in [-0.2, 0) is 17.6 Å². The van der Waals surface area contributed by atoms with Crippen molar-refractivity contribution in [3.05, 3.63) is 58.2 Å². The Morgan fingerprint density at radius 2 is 2.14 bits per heavy atom. The maximum absolute atomic E-state index is 11.8. The van der Waals surface area contributed by atoms with Gasteiger partial charge in [0.05, 0.1) is 17.3 Å². The molecule has 0 saturated heterocycles. The third-order valence-electron chi connectivity index (χ3n) is 3.19. The molecule has 4 N–H and O–H groups in total. The summed E-state index contributed by atoms with van der Waals surface area (Å²) in [5.74, 6) is -0.239. The fourth-order valence-corrected chi connectivity index (χ4v) is 1.97. The molecule has 8 heteroatoms. The number of aromatic amines is 1. The highest BCUT2D eigenvalue weighted by atomic mass is 16.6. The average Bonchev–Trinajstić information content (AvgIpc) is 3.00. The lowest BCUT2D eigenvalue weighted by molar-refractivity contribution is -0.384. The number of imidazole rings is 1. The normalized spacial score (nSPS) is 11.9. The van der Waals surface area contributed by atoms with Gasteiger partial charge in [0.25, 0.3) is 5.69 Å². The van der Waals surface area contributed by atoms with Crippen LogP contribution in [0, 0.1) is 10.1 Å². The van der Waals surface area contributed by atoms with E-state index in [4.69, 9.17) is 5.73 Å². The molecule has 0 aliphatic heterocycles. The summed E-state index contributed by atoms with van der Waals surface area (Å²) >= 11 is 0. The fraction of sp³-hybridized carbons (Fsp3) is 0.286. The Bertz CT molecular complexity index is 624. The molecule has 0 aliphatic rings. The quantitative estimate of drug-likeness (QED) is 0.508. The van der Waals surface area contributed by atoms with Crippen molar-refractivity contribution < 1.29 is 9.72 Å². The number of carbonyl (C=O) groups is 1. The standard InChI is InChI=1S/C14H17N5O3/c15-13(7-11-8-16-9-18-11)14(20)17-6-5-10-1-3-12(4-2-10)19(21)22/h1-4,8-9,13H,5-7,15H2,(H,16,18)(H,17,20)/t13-/m1/s1. The van der Waals surface area contributed by atoms with Crippen LogP contribution in [0.2, 0.25) is 0 Å². The third kappa shape index (κ3) is 4.38. The summed E-state index contributed by atoms with van der Waals surface area (Å²) in [5, 5.41) is 13.3. The average molecular weight is 303 g/mol. The van der Waals surface area contributed by atoms with E-state index < -0.39 is 11.0 Å². The van der Waals surface area contributed by atoms with E-state index >= 15 is 0 Å². The number of nitrogens with one attached hydrogen (secondary N) is 2. The highest BCUT2D eigenvalue weighted by Gasteiger charge is 2.14. The second kappa shape index (κ2) is 7.32. The first-order valence-electron chi connectivity index (χ1n) is 6.80. The van der Waals surface area contributed by atoms with Gasteiger partial charge in [0.15, 0.2) is 0 Å². The molecule has 116 valence electrons. The van der Waals surface area contributed by atoms with Crippen molar-refractivity contribution in [1.82, 2.24) is 15.3 Å². The number of carbonyl (C=O) groups excluding carboxylic acids is 1. The molecule has 0 unspecified atom stereocenters. The number of nitrogens with zero attached hydrogens (tertiary/aromatic N) is 2. The van der Waals surface area contributed by atoms with Crippen molar-refractivity contribution in [3.8, 4) is 0 Å². The zero-order valence-corrected chi connectivity index (χ0v) is 11.9. The molecular weight excluding hydrogens is 286 g/mol. The van der Waals surface area contributed by atoms with E-state index in [2.05, 4.69) is 15.3 Å². The van der Waals surface area contributed by atoms with E-state index in [0.29, 0.717) is 19.4 Å². The maximum atomic E-state index is 11.8. The zero-order valence-electron chi connectivity index (χ0n) is 11.9. The summed E-state index contributed by atoms with van der Waals surface area (Å²) in [4.78, 5) is 28.7. The summed E-state index contributed by atoms with van der Waals surface area (Å²) in [5.41, 5.74) is 7.57. The number of nitrogens with two attached hydrogens (primary N) is 1. The minimum absolute atomic E-state index is 0.0503. The van der Waals surface area contributed by atoms with Crippen LogP contribution in [0.25, 0.3) is 0 Å². The number of hydrogen-bond acceptors (Lipinski definition) is 5. The van der Waals surface area contributed by atoms with Crippen LogP contribution in [0.1, 0.15) is 11.3 Å². The molecule has 0 saturated carbocycles. The fourth-order valence-electron chi connectivity index (χ4n) is 1.97. The molecule has 1 atom stereocenters. The minimum atomic E-state index is -0.641. The number of amides is 1. The lowest BCUT2D eigenvalue weighted by Gasteiger charge is -2.11. The molecule has 0 bridgehead atoms. The molecule has 0 spiro atoms. The summed E-state index contributed by atoms with van der Waals surface area (Å²) in [6.07, 6.45) is 4.14. The summed E-state index contributed by atoms with van der Waals surface area (Å²) < 4.78 is 0. The first-order valence-corrected chi connectivity index (χ1v) is 6.80. The number of non-ortho nitro benzene ring substituents is 1. The number of nitro groups is 1. The maximum Gasteiger partial charge on any atom is 0.269 e. The number of benzene rings is 1. The highest BCUT2D eigenvalue weighted by molar-refractivity contribution is 5.81.